The summed E-state index contributed by atoms with van der Waals surface area (Å²) in [5.74, 6) is 8.68. The van der Waals surface area contributed by atoms with E-state index in [0.29, 0.717) is 30.8 Å². The van der Waals surface area contributed by atoms with Crippen LogP contribution >= 0.6 is 94.1 Å². The molecule has 2 aliphatic rings. The number of benzene rings is 1. The van der Waals surface area contributed by atoms with Gasteiger partial charge in [0.05, 0.1) is 9.16 Å². The molecule has 38 heavy (non-hydrogen) atoms. The first-order chi connectivity index (χ1) is 18.3. The van der Waals surface area contributed by atoms with E-state index in [2.05, 4.69) is 84.5 Å². The van der Waals surface area contributed by atoms with Crippen LogP contribution in [0.25, 0.3) is 0 Å². The van der Waals surface area contributed by atoms with Crippen LogP contribution in [0.15, 0.2) is 48.6 Å². The summed E-state index contributed by atoms with van der Waals surface area (Å²) in [6.45, 7) is 11.1. The Morgan fingerprint density at radius 3 is 1.53 bits per heavy atom. The molecule has 0 N–H and O–H groups in total. The normalized spacial score (nSPS) is 23.0. The van der Waals surface area contributed by atoms with Crippen LogP contribution in [-0.4, -0.2) is 64.4 Å². The van der Waals surface area contributed by atoms with Crippen molar-refractivity contribution in [2.24, 2.45) is 0 Å². The van der Waals surface area contributed by atoms with Crippen LogP contribution in [0.4, 0.5) is 0 Å². The molecule has 1 aromatic carbocycles. The van der Waals surface area contributed by atoms with E-state index in [-0.39, 0.29) is 10.2 Å². The number of thioether (sulfide) groups is 8. The molecular formula is C28H38O2S8. The van der Waals surface area contributed by atoms with E-state index in [4.69, 9.17) is 0 Å². The van der Waals surface area contributed by atoms with E-state index in [1.54, 1.807) is 13.8 Å². The molecular weight excluding hydrogens is 625 g/mol. The molecule has 2 aliphatic heterocycles. The zero-order valence-electron chi connectivity index (χ0n) is 22.2. The van der Waals surface area contributed by atoms with E-state index < -0.39 is 0 Å². The van der Waals surface area contributed by atoms with Gasteiger partial charge in [-0.25, -0.2) is 0 Å². The summed E-state index contributed by atoms with van der Waals surface area (Å²) in [5.41, 5.74) is 4.14. The second kappa shape index (κ2) is 18.4. The smallest absolute Gasteiger partial charge is 0.214 e. The molecule has 2 saturated heterocycles. The Bertz CT molecular complexity index is 860. The van der Waals surface area contributed by atoms with Crippen molar-refractivity contribution in [2.45, 2.75) is 57.9 Å². The van der Waals surface area contributed by atoms with Crippen molar-refractivity contribution in [3.8, 4) is 0 Å². The number of hydrogen-bond donors (Lipinski definition) is 0. The van der Waals surface area contributed by atoms with Crippen molar-refractivity contribution in [1.29, 1.82) is 0 Å². The van der Waals surface area contributed by atoms with Crippen molar-refractivity contribution in [3.63, 3.8) is 0 Å². The first kappa shape index (κ1) is 33.3. The number of rotatable bonds is 16. The van der Waals surface area contributed by atoms with Gasteiger partial charge in [-0.3, -0.25) is 9.59 Å². The summed E-state index contributed by atoms with van der Waals surface area (Å²) in [4.78, 5) is 23.5. The molecule has 0 aromatic heterocycles. The predicted octanol–water partition coefficient (Wildman–Crippen LogP) is 8.95. The molecule has 210 valence electrons. The molecule has 0 radical (unpaired) electrons. The van der Waals surface area contributed by atoms with Crippen molar-refractivity contribution >= 4 is 104 Å². The molecule has 1 aromatic rings. The third kappa shape index (κ3) is 12.8. The zero-order chi connectivity index (χ0) is 27.3. The van der Waals surface area contributed by atoms with Gasteiger partial charge in [0.1, 0.15) is 0 Å². The Balaban J connectivity index is 1.20. The minimum Gasteiger partial charge on any atom is -0.282 e. The van der Waals surface area contributed by atoms with E-state index in [1.807, 2.05) is 23.5 Å². The van der Waals surface area contributed by atoms with Gasteiger partial charge in [0, 0.05) is 45.0 Å². The summed E-state index contributed by atoms with van der Waals surface area (Å²) >= 11 is 15.2. The second-order valence-electron chi connectivity index (χ2n) is 9.30. The molecule has 3 rings (SSSR count). The number of hydrogen-bond acceptors (Lipinski definition) is 10. The van der Waals surface area contributed by atoms with Crippen LogP contribution in [0.2, 0.25) is 0 Å². The van der Waals surface area contributed by atoms with E-state index >= 15 is 0 Å². The third-order valence-electron chi connectivity index (χ3n) is 5.68. The lowest BCUT2D eigenvalue weighted by atomic mass is 10.2. The topological polar surface area (TPSA) is 34.1 Å². The first-order valence-electron chi connectivity index (χ1n) is 12.7. The fourth-order valence-corrected chi connectivity index (χ4v) is 15.0. The van der Waals surface area contributed by atoms with Crippen LogP contribution in [0.3, 0.4) is 0 Å². The fraction of sp³-hybridized carbons (Fsp3) is 0.571. The second-order valence-corrected chi connectivity index (χ2v) is 19.6. The van der Waals surface area contributed by atoms with Gasteiger partial charge < -0.3 is 0 Å². The molecule has 2 nitrogen and oxygen atoms in total. The fourth-order valence-electron chi connectivity index (χ4n) is 3.55. The molecule has 2 fully saturated rings. The molecule has 4 atom stereocenters. The van der Waals surface area contributed by atoms with Crippen LogP contribution in [0, 0.1) is 0 Å². The number of carbonyl (C=O) groups is 2. The zero-order valence-corrected chi connectivity index (χ0v) is 28.7. The summed E-state index contributed by atoms with van der Waals surface area (Å²) < 4.78 is 1.34. The van der Waals surface area contributed by atoms with Gasteiger partial charge in [0.2, 0.25) is 10.2 Å². The molecule has 0 aliphatic carbocycles. The lowest BCUT2D eigenvalue weighted by molar-refractivity contribution is -0.108. The molecule has 0 saturated carbocycles. The van der Waals surface area contributed by atoms with Crippen molar-refractivity contribution in [2.75, 3.05) is 34.5 Å². The third-order valence-corrected chi connectivity index (χ3v) is 17.4. The van der Waals surface area contributed by atoms with E-state index in [1.165, 1.54) is 59.0 Å². The largest absolute Gasteiger partial charge is 0.282 e. The van der Waals surface area contributed by atoms with Crippen molar-refractivity contribution < 1.29 is 9.59 Å². The highest BCUT2D eigenvalue weighted by atomic mass is 32.2. The minimum atomic E-state index is 0.139. The Hall–Kier alpha value is 0.840. The van der Waals surface area contributed by atoms with Crippen molar-refractivity contribution in [1.82, 2.24) is 0 Å². The highest BCUT2D eigenvalue weighted by Crippen LogP contribution is 2.43. The SMILES string of the molecule is C=C(C)C(=O)SCC1CSC(CCSCc2ccc(CSCCC3SCC(CSC(=O)C(=C)C)S3)cc2)S1. The Kier molecular flexibility index (Phi) is 16.1. The standard InChI is InChI=1S/C28H38O2S8/c1-19(2)27(29)35-17-23-15-33-25(37-23)9-11-31-13-21-5-7-22(8-6-21)14-32-12-10-26-34-16-24(38-26)18-36-28(30)20(3)4/h5-8,23-26H,1,3,9-18H2,2,4H3. The Labute approximate surface area is 263 Å². The molecule has 0 spiro atoms. The summed E-state index contributed by atoms with van der Waals surface area (Å²) in [6, 6.07) is 9.19. The summed E-state index contributed by atoms with van der Waals surface area (Å²) in [5, 5.41) is 1.45. The number of carbonyl (C=O) groups excluding carboxylic acids is 2. The maximum atomic E-state index is 11.8. The Morgan fingerprint density at radius 1 is 0.763 bits per heavy atom. The highest BCUT2D eigenvalue weighted by Gasteiger charge is 2.27. The van der Waals surface area contributed by atoms with Gasteiger partial charge in [-0.2, -0.15) is 23.5 Å². The van der Waals surface area contributed by atoms with Gasteiger partial charge in [-0.05, 0) is 60.5 Å². The average Bonchev–Trinajstić information content (AvgIpc) is 3.56. The minimum absolute atomic E-state index is 0.139. The molecule has 4 unspecified atom stereocenters. The lowest BCUT2D eigenvalue weighted by Gasteiger charge is -2.10. The summed E-state index contributed by atoms with van der Waals surface area (Å²) in [7, 11) is 0. The van der Waals surface area contributed by atoms with E-state index in [0.717, 1.165) is 34.5 Å². The van der Waals surface area contributed by atoms with Crippen LogP contribution < -0.4 is 0 Å². The highest BCUT2D eigenvalue weighted by molar-refractivity contribution is 8.22. The van der Waals surface area contributed by atoms with Crippen LogP contribution in [-0.2, 0) is 21.1 Å². The molecule has 10 heteroatoms. The summed E-state index contributed by atoms with van der Waals surface area (Å²) in [6.07, 6.45) is 2.46. The predicted molar refractivity (Wildman–Crippen MR) is 188 cm³/mol. The monoisotopic (exact) mass is 662 g/mol. The first-order valence-corrected chi connectivity index (χ1v) is 21.0. The van der Waals surface area contributed by atoms with Crippen molar-refractivity contribution in [3.05, 3.63) is 59.7 Å². The molecule has 0 amide bonds. The Morgan fingerprint density at radius 2 is 1.16 bits per heavy atom. The van der Waals surface area contributed by atoms with Gasteiger partial charge in [0.15, 0.2) is 0 Å². The maximum Gasteiger partial charge on any atom is 0.214 e. The van der Waals surface area contributed by atoms with Gasteiger partial charge in [-0.1, -0.05) is 60.9 Å². The van der Waals surface area contributed by atoms with Gasteiger partial charge in [0.25, 0.3) is 0 Å². The van der Waals surface area contributed by atoms with E-state index in [9.17, 15) is 9.59 Å². The molecule has 0 bridgehead atoms. The average molecular weight is 663 g/mol. The maximum absolute atomic E-state index is 11.8. The quantitative estimate of drug-likeness (QED) is 0.126. The van der Waals surface area contributed by atoms with Crippen LogP contribution in [0.1, 0.15) is 37.8 Å². The van der Waals surface area contributed by atoms with Gasteiger partial charge in [-0.15, -0.1) is 47.0 Å². The van der Waals surface area contributed by atoms with Gasteiger partial charge >= 0.3 is 0 Å². The lowest BCUT2D eigenvalue weighted by Crippen LogP contribution is -2.08. The molecule has 2 heterocycles. The van der Waals surface area contributed by atoms with Crippen LogP contribution in [0.5, 0.6) is 0 Å².